The zero-order chi connectivity index (χ0) is 16.4. The van der Waals surface area contributed by atoms with E-state index >= 15 is 0 Å². The van der Waals surface area contributed by atoms with Crippen molar-refractivity contribution < 1.29 is 13.2 Å². The van der Waals surface area contributed by atoms with E-state index in [2.05, 4.69) is 16.4 Å². The van der Waals surface area contributed by atoms with Crippen molar-refractivity contribution in [3.05, 3.63) is 53.3 Å². The molecule has 0 radical (unpaired) electrons. The minimum Gasteiger partial charge on any atom is -0.387 e. The molecule has 0 saturated heterocycles. The second-order valence-corrected chi connectivity index (χ2v) is 6.53. The van der Waals surface area contributed by atoms with Crippen LogP contribution in [-0.4, -0.2) is 12.0 Å². The minimum atomic E-state index is -4.40. The molecule has 1 aliphatic rings. The summed E-state index contributed by atoms with van der Waals surface area (Å²) in [5, 5.41) is 3.17. The Kier molecular flexibility index (Phi) is 4.53. The van der Waals surface area contributed by atoms with Gasteiger partial charge in [0.1, 0.15) is 5.69 Å². The quantitative estimate of drug-likeness (QED) is 0.748. The van der Waals surface area contributed by atoms with Crippen LogP contribution in [0.3, 0.4) is 0 Å². The monoisotopic (exact) mass is 338 g/mol. The average Bonchev–Trinajstić information content (AvgIpc) is 3.37. The Morgan fingerprint density at radius 3 is 2.57 bits per heavy atom. The molecule has 1 aliphatic carbocycles. The third-order valence-electron chi connectivity index (χ3n) is 3.79. The summed E-state index contributed by atoms with van der Waals surface area (Å²) < 4.78 is 38.2. The molecular weight excluding hydrogens is 321 g/mol. The van der Waals surface area contributed by atoms with Crippen LogP contribution in [0.5, 0.6) is 0 Å². The zero-order valence-corrected chi connectivity index (χ0v) is 13.5. The lowest BCUT2D eigenvalue weighted by atomic mass is 10.1. The molecule has 3 rings (SSSR count). The van der Waals surface area contributed by atoms with E-state index in [1.807, 2.05) is 19.2 Å². The highest BCUT2D eigenvalue weighted by Crippen LogP contribution is 2.46. The smallest absolute Gasteiger partial charge is 0.387 e. The van der Waals surface area contributed by atoms with Crippen LogP contribution in [0.15, 0.2) is 41.3 Å². The van der Waals surface area contributed by atoms with Crippen molar-refractivity contribution in [1.82, 2.24) is 4.98 Å². The molecule has 1 saturated carbocycles. The fourth-order valence-electron chi connectivity index (χ4n) is 2.49. The van der Waals surface area contributed by atoms with Crippen LogP contribution < -0.4 is 5.32 Å². The van der Waals surface area contributed by atoms with Gasteiger partial charge in [-0.3, -0.25) is 0 Å². The molecule has 6 heteroatoms. The van der Waals surface area contributed by atoms with Crippen LogP contribution in [0.1, 0.15) is 35.7 Å². The molecule has 2 nitrogen and oxygen atoms in total. The van der Waals surface area contributed by atoms with Crippen molar-refractivity contribution >= 4 is 17.4 Å². The third kappa shape index (κ3) is 3.80. The first-order chi connectivity index (χ1) is 11.0. The van der Waals surface area contributed by atoms with Crippen LogP contribution in [0.25, 0.3) is 0 Å². The normalized spacial score (nSPS) is 14.8. The highest BCUT2D eigenvalue weighted by molar-refractivity contribution is 7.98. The van der Waals surface area contributed by atoms with Crippen LogP contribution >= 0.6 is 11.8 Å². The standard InChI is InChI=1S/C17H17F3N2S/c1-21-14-6-3-5-13(11-8-9-11)16(14)23-10-12-4-2-7-15(22-12)17(18,19)20/h2-7,11,21H,8-10H2,1H3. The Morgan fingerprint density at radius 1 is 1.17 bits per heavy atom. The average molecular weight is 338 g/mol. The summed E-state index contributed by atoms with van der Waals surface area (Å²) in [6.07, 6.45) is -2.03. The Morgan fingerprint density at radius 2 is 1.91 bits per heavy atom. The van der Waals surface area contributed by atoms with E-state index in [4.69, 9.17) is 0 Å². The predicted octanol–water partition coefficient (Wildman–Crippen LogP) is 5.31. The molecule has 1 aromatic heterocycles. The molecule has 1 heterocycles. The molecule has 0 atom stereocenters. The summed E-state index contributed by atoms with van der Waals surface area (Å²) >= 11 is 1.55. The van der Waals surface area contributed by atoms with Gasteiger partial charge in [0, 0.05) is 23.4 Å². The van der Waals surface area contributed by atoms with E-state index in [1.165, 1.54) is 24.5 Å². The van der Waals surface area contributed by atoms with E-state index < -0.39 is 11.9 Å². The van der Waals surface area contributed by atoms with Crippen molar-refractivity contribution in [2.45, 2.75) is 35.6 Å². The lowest BCUT2D eigenvalue weighted by molar-refractivity contribution is -0.141. The summed E-state index contributed by atoms with van der Waals surface area (Å²) in [4.78, 5) is 4.86. The Hall–Kier alpha value is -1.69. The Balaban J connectivity index is 1.81. The lowest BCUT2D eigenvalue weighted by Gasteiger charge is -2.14. The van der Waals surface area contributed by atoms with Crippen LogP contribution in [-0.2, 0) is 11.9 Å². The van der Waals surface area contributed by atoms with E-state index in [-0.39, 0.29) is 0 Å². The first kappa shape index (κ1) is 16.2. The van der Waals surface area contributed by atoms with Crippen molar-refractivity contribution in [3.8, 4) is 0 Å². The zero-order valence-electron chi connectivity index (χ0n) is 12.7. The largest absolute Gasteiger partial charge is 0.433 e. The fourth-order valence-corrected chi connectivity index (χ4v) is 3.67. The molecule has 1 fully saturated rings. The van der Waals surface area contributed by atoms with Gasteiger partial charge in [-0.2, -0.15) is 13.2 Å². The number of nitrogens with zero attached hydrogens (tertiary/aromatic N) is 1. The summed E-state index contributed by atoms with van der Waals surface area (Å²) in [6, 6.07) is 10.2. The topological polar surface area (TPSA) is 24.9 Å². The van der Waals surface area contributed by atoms with Crippen molar-refractivity contribution in [2.24, 2.45) is 0 Å². The second-order valence-electron chi connectivity index (χ2n) is 5.55. The van der Waals surface area contributed by atoms with Gasteiger partial charge < -0.3 is 5.32 Å². The second kappa shape index (κ2) is 6.43. The highest BCUT2D eigenvalue weighted by Gasteiger charge is 2.32. The fraction of sp³-hybridized carbons (Fsp3) is 0.353. The van der Waals surface area contributed by atoms with E-state index in [1.54, 1.807) is 17.8 Å². The Labute approximate surface area is 137 Å². The van der Waals surface area contributed by atoms with Gasteiger partial charge in [0.25, 0.3) is 0 Å². The number of aromatic nitrogens is 1. The molecule has 1 aromatic carbocycles. The maximum atomic E-state index is 12.7. The number of hydrogen-bond donors (Lipinski definition) is 1. The number of anilines is 1. The van der Waals surface area contributed by atoms with Crippen molar-refractivity contribution in [2.75, 3.05) is 12.4 Å². The number of rotatable bonds is 5. The maximum Gasteiger partial charge on any atom is 0.433 e. The number of alkyl halides is 3. The maximum absolute atomic E-state index is 12.7. The van der Waals surface area contributed by atoms with Crippen LogP contribution in [0.2, 0.25) is 0 Å². The molecule has 0 aliphatic heterocycles. The first-order valence-corrected chi connectivity index (χ1v) is 8.44. The third-order valence-corrected chi connectivity index (χ3v) is 4.98. The SMILES string of the molecule is CNc1cccc(C2CC2)c1SCc1cccc(C(F)(F)F)n1. The molecule has 0 bridgehead atoms. The summed E-state index contributed by atoms with van der Waals surface area (Å²) in [5.41, 5.74) is 1.91. The number of halogens is 3. The highest BCUT2D eigenvalue weighted by atomic mass is 32.2. The van der Waals surface area contributed by atoms with Gasteiger partial charge in [-0.15, -0.1) is 11.8 Å². The number of hydrogen-bond acceptors (Lipinski definition) is 3. The molecule has 1 N–H and O–H groups in total. The number of thioether (sulfide) groups is 1. The Bertz CT molecular complexity index is 696. The molecule has 23 heavy (non-hydrogen) atoms. The molecule has 0 unspecified atom stereocenters. The van der Waals surface area contributed by atoms with Gasteiger partial charge >= 0.3 is 6.18 Å². The molecule has 2 aromatic rings. The van der Waals surface area contributed by atoms with Gasteiger partial charge in [0.05, 0.1) is 5.69 Å². The van der Waals surface area contributed by atoms with E-state index in [0.717, 1.165) is 16.6 Å². The van der Waals surface area contributed by atoms with Gasteiger partial charge in [0.15, 0.2) is 0 Å². The van der Waals surface area contributed by atoms with E-state index in [0.29, 0.717) is 17.4 Å². The van der Waals surface area contributed by atoms with E-state index in [9.17, 15) is 13.2 Å². The predicted molar refractivity (Wildman–Crippen MR) is 86.8 cm³/mol. The van der Waals surface area contributed by atoms with Gasteiger partial charge in [-0.25, -0.2) is 4.98 Å². The molecular formula is C17H17F3N2S. The summed E-state index contributed by atoms with van der Waals surface area (Å²) in [7, 11) is 1.86. The molecule has 0 spiro atoms. The van der Waals surface area contributed by atoms with Crippen LogP contribution in [0.4, 0.5) is 18.9 Å². The summed E-state index contributed by atoms with van der Waals surface area (Å²) in [6.45, 7) is 0. The first-order valence-electron chi connectivity index (χ1n) is 7.45. The minimum absolute atomic E-state index is 0.419. The summed E-state index contributed by atoms with van der Waals surface area (Å²) in [5.74, 6) is 1.00. The van der Waals surface area contributed by atoms with Crippen molar-refractivity contribution in [3.63, 3.8) is 0 Å². The molecule has 122 valence electrons. The van der Waals surface area contributed by atoms with Crippen molar-refractivity contribution in [1.29, 1.82) is 0 Å². The van der Waals surface area contributed by atoms with Gasteiger partial charge in [-0.05, 0) is 42.5 Å². The number of pyridine rings is 1. The number of nitrogens with one attached hydrogen (secondary N) is 1. The van der Waals surface area contributed by atoms with Crippen LogP contribution in [0, 0.1) is 0 Å². The lowest BCUT2D eigenvalue weighted by Crippen LogP contribution is -2.08. The van der Waals surface area contributed by atoms with Gasteiger partial charge in [-0.1, -0.05) is 18.2 Å². The number of benzene rings is 1. The van der Waals surface area contributed by atoms with Gasteiger partial charge in [0.2, 0.25) is 0 Å². The molecule has 0 amide bonds.